The number of amides is 1. The number of nitrogens with zero attached hydrogens (tertiary/aromatic N) is 3. The first-order valence-electron chi connectivity index (χ1n) is 11.4. The predicted octanol–water partition coefficient (Wildman–Crippen LogP) is 3.23. The second-order valence-corrected chi connectivity index (χ2v) is 8.90. The molecule has 0 saturated carbocycles. The molecule has 0 spiro atoms. The van der Waals surface area contributed by atoms with Crippen molar-refractivity contribution in [1.29, 1.82) is 0 Å². The van der Waals surface area contributed by atoms with E-state index in [2.05, 4.69) is 33.1 Å². The minimum absolute atomic E-state index is 0.242. The van der Waals surface area contributed by atoms with E-state index in [0.29, 0.717) is 26.2 Å². The summed E-state index contributed by atoms with van der Waals surface area (Å²) in [7, 11) is 0. The lowest BCUT2D eigenvalue weighted by Gasteiger charge is -2.41. The van der Waals surface area contributed by atoms with Crippen LogP contribution in [0.25, 0.3) is 11.1 Å². The van der Waals surface area contributed by atoms with E-state index in [1.54, 1.807) is 12.4 Å². The van der Waals surface area contributed by atoms with Crippen LogP contribution in [0.3, 0.4) is 0 Å². The van der Waals surface area contributed by atoms with Crippen LogP contribution in [0.5, 0.6) is 11.5 Å². The Kier molecular flexibility index (Phi) is 5.96. The molecule has 1 unspecified atom stereocenters. The SMILES string of the molecule is NC(=O)C1(Cc2ccccc2-c2cncnc2)CCCN(Cc2ccc3c(c2)OCCO3)C1. The first-order chi connectivity index (χ1) is 16.1. The van der Waals surface area contributed by atoms with Crippen LogP contribution < -0.4 is 15.2 Å². The molecule has 0 radical (unpaired) electrons. The molecule has 2 aliphatic heterocycles. The molecule has 0 bridgehead atoms. The molecule has 1 aromatic heterocycles. The maximum Gasteiger partial charge on any atom is 0.225 e. The molecule has 3 heterocycles. The van der Waals surface area contributed by atoms with Crippen molar-refractivity contribution < 1.29 is 14.3 Å². The van der Waals surface area contributed by atoms with Gasteiger partial charge in [-0.15, -0.1) is 0 Å². The molecular formula is C26H28N4O3. The number of hydrogen-bond acceptors (Lipinski definition) is 6. The summed E-state index contributed by atoms with van der Waals surface area (Å²) in [6.07, 6.45) is 7.41. The van der Waals surface area contributed by atoms with Crippen LogP contribution in [0.2, 0.25) is 0 Å². The largest absolute Gasteiger partial charge is 0.486 e. The third-order valence-corrected chi connectivity index (χ3v) is 6.61. The minimum Gasteiger partial charge on any atom is -0.486 e. The van der Waals surface area contributed by atoms with E-state index in [4.69, 9.17) is 15.2 Å². The predicted molar refractivity (Wildman–Crippen MR) is 125 cm³/mol. The van der Waals surface area contributed by atoms with Crippen LogP contribution in [0.1, 0.15) is 24.0 Å². The van der Waals surface area contributed by atoms with E-state index in [-0.39, 0.29) is 5.91 Å². The average Bonchev–Trinajstić information content (AvgIpc) is 2.85. The van der Waals surface area contributed by atoms with Crippen molar-refractivity contribution in [3.8, 4) is 22.6 Å². The number of hydrogen-bond donors (Lipinski definition) is 1. The van der Waals surface area contributed by atoms with Crippen molar-refractivity contribution in [2.24, 2.45) is 11.1 Å². The molecule has 1 amide bonds. The highest BCUT2D eigenvalue weighted by Gasteiger charge is 2.41. The summed E-state index contributed by atoms with van der Waals surface area (Å²) in [6.45, 7) is 3.43. The number of primary amides is 1. The van der Waals surface area contributed by atoms with Gasteiger partial charge >= 0.3 is 0 Å². The molecule has 2 aromatic carbocycles. The molecule has 1 fully saturated rings. The Hall–Kier alpha value is -3.45. The van der Waals surface area contributed by atoms with Crippen molar-refractivity contribution in [1.82, 2.24) is 14.9 Å². The summed E-state index contributed by atoms with van der Waals surface area (Å²) in [5, 5.41) is 0. The summed E-state index contributed by atoms with van der Waals surface area (Å²) in [4.78, 5) is 23.5. The van der Waals surface area contributed by atoms with Crippen LogP contribution in [0.15, 0.2) is 61.2 Å². The van der Waals surface area contributed by atoms with Gasteiger partial charge in [0.1, 0.15) is 19.5 Å². The monoisotopic (exact) mass is 444 g/mol. The standard InChI is InChI=1S/C26H28N4O3/c27-25(31)26(13-20-4-1-2-5-22(20)21-14-28-18-29-15-21)8-3-9-30(17-26)16-19-6-7-23-24(12-19)33-11-10-32-23/h1-2,4-7,12,14-15,18H,3,8-11,13,16-17H2,(H2,27,31). The molecule has 1 atom stereocenters. The van der Waals surface area contributed by atoms with Gasteiger partial charge in [-0.2, -0.15) is 0 Å². The third-order valence-electron chi connectivity index (χ3n) is 6.61. The smallest absolute Gasteiger partial charge is 0.225 e. The highest BCUT2D eigenvalue weighted by Crippen LogP contribution is 2.38. The van der Waals surface area contributed by atoms with Crippen molar-refractivity contribution in [3.05, 3.63) is 72.3 Å². The van der Waals surface area contributed by atoms with Gasteiger partial charge in [0.15, 0.2) is 11.5 Å². The summed E-state index contributed by atoms with van der Waals surface area (Å²) in [6, 6.07) is 14.2. The molecule has 0 aliphatic carbocycles. The van der Waals surface area contributed by atoms with E-state index in [1.165, 1.54) is 6.33 Å². The van der Waals surface area contributed by atoms with Gasteiger partial charge in [0, 0.05) is 31.0 Å². The van der Waals surface area contributed by atoms with E-state index in [1.807, 2.05) is 24.3 Å². The summed E-state index contributed by atoms with van der Waals surface area (Å²) in [5.41, 5.74) is 9.65. The number of aromatic nitrogens is 2. The minimum atomic E-state index is -0.627. The molecule has 5 rings (SSSR count). The number of piperidine rings is 1. The molecule has 7 nitrogen and oxygen atoms in total. The third kappa shape index (κ3) is 4.54. The lowest BCUT2D eigenvalue weighted by molar-refractivity contribution is -0.131. The zero-order valence-corrected chi connectivity index (χ0v) is 18.6. The summed E-state index contributed by atoms with van der Waals surface area (Å²) >= 11 is 0. The van der Waals surface area contributed by atoms with Crippen molar-refractivity contribution in [2.75, 3.05) is 26.3 Å². The fraction of sp³-hybridized carbons (Fsp3) is 0.346. The van der Waals surface area contributed by atoms with Crippen molar-refractivity contribution >= 4 is 5.91 Å². The van der Waals surface area contributed by atoms with Crippen LogP contribution >= 0.6 is 0 Å². The van der Waals surface area contributed by atoms with E-state index in [9.17, 15) is 4.79 Å². The van der Waals surface area contributed by atoms with E-state index >= 15 is 0 Å². The number of benzene rings is 2. The highest BCUT2D eigenvalue weighted by atomic mass is 16.6. The fourth-order valence-electron chi connectivity index (χ4n) is 5.00. The van der Waals surface area contributed by atoms with E-state index in [0.717, 1.165) is 59.7 Å². The summed E-state index contributed by atoms with van der Waals surface area (Å²) < 4.78 is 11.4. The highest BCUT2D eigenvalue weighted by molar-refractivity contribution is 5.82. The number of nitrogens with two attached hydrogens (primary N) is 1. The maximum atomic E-state index is 12.9. The molecule has 2 aliphatic rings. The normalized spacial score (nSPS) is 20.4. The van der Waals surface area contributed by atoms with E-state index < -0.39 is 5.41 Å². The van der Waals surface area contributed by atoms with Gasteiger partial charge in [0.05, 0.1) is 5.41 Å². The van der Waals surface area contributed by atoms with Gasteiger partial charge in [-0.1, -0.05) is 30.3 Å². The average molecular weight is 445 g/mol. The molecule has 7 heteroatoms. The van der Waals surface area contributed by atoms with Gasteiger partial charge in [-0.3, -0.25) is 9.69 Å². The van der Waals surface area contributed by atoms with Gasteiger partial charge in [0.2, 0.25) is 5.91 Å². The number of fused-ring (bicyclic) bond motifs is 1. The number of carbonyl (C=O) groups is 1. The molecule has 2 N–H and O–H groups in total. The number of carbonyl (C=O) groups excluding carboxylic acids is 1. The Balaban J connectivity index is 1.38. The van der Waals surface area contributed by atoms with Crippen LogP contribution in [0, 0.1) is 5.41 Å². The zero-order chi connectivity index (χ0) is 22.7. The maximum absolute atomic E-state index is 12.9. The van der Waals surface area contributed by atoms with Crippen LogP contribution in [-0.4, -0.2) is 47.1 Å². The van der Waals surface area contributed by atoms with Crippen LogP contribution in [-0.2, 0) is 17.8 Å². The second-order valence-electron chi connectivity index (χ2n) is 8.90. The molecule has 1 saturated heterocycles. The van der Waals surface area contributed by atoms with Crippen LogP contribution in [0.4, 0.5) is 0 Å². The number of likely N-dealkylation sites (tertiary alicyclic amines) is 1. The molecule has 3 aromatic rings. The van der Waals surface area contributed by atoms with Gasteiger partial charge in [-0.05, 0) is 54.6 Å². The first-order valence-corrected chi connectivity index (χ1v) is 11.4. The number of rotatable bonds is 6. The van der Waals surface area contributed by atoms with Crippen molar-refractivity contribution in [2.45, 2.75) is 25.8 Å². The first kappa shape index (κ1) is 21.4. The topological polar surface area (TPSA) is 90.6 Å². The lowest BCUT2D eigenvalue weighted by atomic mass is 9.73. The number of ether oxygens (including phenoxy) is 2. The van der Waals surface area contributed by atoms with Crippen molar-refractivity contribution in [3.63, 3.8) is 0 Å². The zero-order valence-electron chi connectivity index (χ0n) is 18.6. The lowest BCUT2D eigenvalue weighted by Crippen LogP contribution is -2.51. The fourth-order valence-corrected chi connectivity index (χ4v) is 5.00. The Bertz CT molecular complexity index is 1140. The van der Waals surface area contributed by atoms with Gasteiger partial charge in [0.25, 0.3) is 0 Å². The molecule has 33 heavy (non-hydrogen) atoms. The summed E-state index contributed by atoms with van der Waals surface area (Å²) in [5.74, 6) is 1.33. The van der Waals surface area contributed by atoms with Gasteiger partial charge < -0.3 is 15.2 Å². The Labute approximate surface area is 193 Å². The second kappa shape index (κ2) is 9.19. The van der Waals surface area contributed by atoms with Gasteiger partial charge in [-0.25, -0.2) is 9.97 Å². The Morgan fingerprint density at radius 3 is 2.67 bits per heavy atom. The quantitative estimate of drug-likeness (QED) is 0.628. The molecular weight excluding hydrogens is 416 g/mol. The molecule has 170 valence electrons. The Morgan fingerprint density at radius 2 is 1.85 bits per heavy atom. The Morgan fingerprint density at radius 1 is 1.06 bits per heavy atom.